The van der Waals surface area contributed by atoms with Crippen molar-refractivity contribution in [2.24, 2.45) is 11.7 Å². The molecule has 2 unspecified atom stereocenters. The fourth-order valence-corrected chi connectivity index (χ4v) is 2.56. The standard InChI is InChI=1S/C13H15F3N2O3/c14-13(15,16)21-18-8-10(6-7-19)12(17,11(18)20)9-4-2-1-3-5-9/h1-5,10,19H,6-8,17H2. The minimum Gasteiger partial charge on any atom is -0.396 e. The predicted octanol–water partition coefficient (Wildman–Crippen LogP) is 1.13. The van der Waals surface area contributed by atoms with E-state index in [1.165, 1.54) is 0 Å². The summed E-state index contributed by atoms with van der Waals surface area (Å²) in [5, 5.41) is 9.29. The highest BCUT2D eigenvalue weighted by Gasteiger charge is 2.55. The molecule has 1 aromatic carbocycles. The van der Waals surface area contributed by atoms with Crippen LogP contribution in [-0.2, 0) is 15.2 Å². The predicted molar refractivity (Wildman–Crippen MR) is 66.4 cm³/mol. The summed E-state index contributed by atoms with van der Waals surface area (Å²) >= 11 is 0. The zero-order chi connectivity index (χ0) is 15.7. The van der Waals surface area contributed by atoms with E-state index in [4.69, 9.17) is 10.8 Å². The van der Waals surface area contributed by atoms with Gasteiger partial charge in [0.25, 0.3) is 5.91 Å². The average molecular weight is 304 g/mol. The van der Waals surface area contributed by atoms with Crippen LogP contribution in [-0.4, -0.2) is 35.6 Å². The van der Waals surface area contributed by atoms with Crippen molar-refractivity contribution in [3.63, 3.8) is 0 Å². The van der Waals surface area contributed by atoms with Gasteiger partial charge in [-0.2, -0.15) is 4.84 Å². The molecule has 1 aliphatic heterocycles. The number of amides is 1. The van der Waals surface area contributed by atoms with Gasteiger partial charge in [-0.3, -0.25) is 4.79 Å². The van der Waals surface area contributed by atoms with Gasteiger partial charge < -0.3 is 10.8 Å². The van der Waals surface area contributed by atoms with Crippen molar-refractivity contribution in [3.05, 3.63) is 35.9 Å². The number of hydrogen-bond donors (Lipinski definition) is 2. The Morgan fingerprint density at radius 3 is 2.52 bits per heavy atom. The van der Waals surface area contributed by atoms with E-state index in [2.05, 4.69) is 4.84 Å². The molecule has 2 rings (SSSR count). The SMILES string of the molecule is NC1(c2ccccc2)C(=O)N(OC(F)(F)F)CC1CCO. The maximum Gasteiger partial charge on any atom is 0.544 e. The van der Waals surface area contributed by atoms with Gasteiger partial charge in [-0.15, -0.1) is 13.2 Å². The highest BCUT2D eigenvalue weighted by atomic mass is 19.4. The Labute approximate surface area is 119 Å². The number of rotatable bonds is 4. The molecule has 5 nitrogen and oxygen atoms in total. The number of alkyl halides is 3. The molecule has 0 saturated carbocycles. The largest absolute Gasteiger partial charge is 0.544 e. The molecule has 116 valence electrons. The Hall–Kier alpha value is -1.64. The number of nitrogens with two attached hydrogens (primary N) is 1. The molecule has 1 heterocycles. The fourth-order valence-electron chi connectivity index (χ4n) is 2.56. The highest BCUT2D eigenvalue weighted by molar-refractivity contribution is 5.89. The van der Waals surface area contributed by atoms with E-state index < -0.39 is 23.7 Å². The summed E-state index contributed by atoms with van der Waals surface area (Å²) in [7, 11) is 0. The van der Waals surface area contributed by atoms with Gasteiger partial charge in [0.05, 0.1) is 6.54 Å². The van der Waals surface area contributed by atoms with Crippen molar-refractivity contribution in [2.75, 3.05) is 13.2 Å². The molecule has 1 amide bonds. The zero-order valence-corrected chi connectivity index (χ0v) is 11.0. The molecule has 1 aromatic rings. The summed E-state index contributed by atoms with van der Waals surface area (Å²) < 4.78 is 37.0. The number of aliphatic hydroxyl groups is 1. The second-order valence-corrected chi connectivity index (χ2v) is 4.85. The van der Waals surface area contributed by atoms with Crippen LogP contribution in [0.15, 0.2) is 30.3 Å². The maximum atomic E-state index is 12.3. The third-order valence-electron chi connectivity index (χ3n) is 3.55. The smallest absolute Gasteiger partial charge is 0.396 e. The second kappa shape index (κ2) is 5.63. The van der Waals surface area contributed by atoms with Gasteiger partial charge in [-0.1, -0.05) is 30.3 Å². The number of halogens is 3. The normalized spacial score (nSPS) is 26.4. The molecular formula is C13H15F3N2O3. The van der Waals surface area contributed by atoms with Gasteiger partial charge in [0.2, 0.25) is 0 Å². The molecule has 2 atom stereocenters. The highest BCUT2D eigenvalue weighted by Crippen LogP contribution is 2.39. The Morgan fingerprint density at radius 1 is 1.38 bits per heavy atom. The lowest BCUT2D eigenvalue weighted by molar-refractivity contribution is -0.400. The first-order chi connectivity index (χ1) is 9.79. The lowest BCUT2D eigenvalue weighted by atomic mass is 9.79. The van der Waals surface area contributed by atoms with Crippen LogP contribution >= 0.6 is 0 Å². The number of carbonyl (C=O) groups excluding carboxylic acids is 1. The van der Waals surface area contributed by atoms with Gasteiger partial charge in [0.1, 0.15) is 5.54 Å². The van der Waals surface area contributed by atoms with Gasteiger partial charge in [0.15, 0.2) is 0 Å². The molecule has 1 fully saturated rings. The molecular weight excluding hydrogens is 289 g/mol. The molecule has 1 aliphatic rings. The minimum atomic E-state index is -4.97. The van der Waals surface area contributed by atoms with E-state index in [1.54, 1.807) is 30.3 Å². The van der Waals surface area contributed by atoms with E-state index in [0.717, 1.165) is 0 Å². The maximum absolute atomic E-state index is 12.3. The Balaban J connectivity index is 2.35. The van der Waals surface area contributed by atoms with E-state index in [9.17, 15) is 18.0 Å². The molecule has 0 aromatic heterocycles. The molecule has 0 spiro atoms. The van der Waals surface area contributed by atoms with E-state index in [-0.39, 0.29) is 24.6 Å². The summed E-state index contributed by atoms with van der Waals surface area (Å²) in [5.74, 6) is -1.65. The van der Waals surface area contributed by atoms with Crippen LogP contribution in [0.4, 0.5) is 13.2 Å². The van der Waals surface area contributed by atoms with Gasteiger partial charge in [-0.25, -0.2) is 5.06 Å². The lowest BCUT2D eigenvalue weighted by Crippen LogP contribution is -2.49. The number of benzene rings is 1. The molecule has 0 radical (unpaired) electrons. The second-order valence-electron chi connectivity index (χ2n) is 4.85. The van der Waals surface area contributed by atoms with Gasteiger partial charge in [-0.05, 0) is 12.0 Å². The van der Waals surface area contributed by atoms with Gasteiger partial charge >= 0.3 is 6.36 Å². The summed E-state index contributed by atoms with van der Waals surface area (Å²) in [4.78, 5) is 16.0. The molecule has 0 aliphatic carbocycles. The van der Waals surface area contributed by atoms with Crippen molar-refractivity contribution < 1.29 is 27.9 Å². The van der Waals surface area contributed by atoms with Crippen LogP contribution < -0.4 is 5.73 Å². The molecule has 0 bridgehead atoms. The summed E-state index contributed by atoms with van der Waals surface area (Å²) in [6.45, 7) is -0.617. The van der Waals surface area contributed by atoms with Crippen LogP contribution in [0.25, 0.3) is 0 Å². The lowest BCUT2D eigenvalue weighted by Gasteiger charge is -2.28. The van der Waals surface area contributed by atoms with E-state index in [0.29, 0.717) is 5.56 Å². The first-order valence-electron chi connectivity index (χ1n) is 6.32. The van der Waals surface area contributed by atoms with E-state index in [1.807, 2.05) is 0 Å². The van der Waals surface area contributed by atoms with Crippen molar-refractivity contribution >= 4 is 5.91 Å². The fraction of sp³-hybridized carbons (Fsp3) is 0.462. The Morgan fingerprint density at radius 2 is 2.00 bits per heavy atom. The minimum absolute atomic E-state index is 0.0921. The summed E-state index contributed by atoms with van der Waals surface area (Å²) in [5.41, 5.74) is 4.86. The van der Waals surface area contributed by atoms with Crippen LogP contribution in [0, 0.1) is 5.92 Å². The molecule has 21 heavy (non-hydrogen) atoms. The van der Waals surface area contributed by atoms with E-state index >= 15 is 0 Å². The molecule has 1 saturated heterocycles. The Bertz CT molecular complexity index is 509. The summed E-state index contributed by atoms with van der Waals surface area (Å²) in [6.07, 6.45) is -4.88. The Kier molecular flexibility index (Phi) is 4.22. The first-order valence-corrected chi connectivity index (χ1v) is 6.32. The third-order valence-corrected chi connectivity index (χ3v) is 3.55. The van der Waals surface area contributed by atoms with Crippen LogP contribution in [0.2, 0.25) is 0 Å². The van der Waals surface area contributed by atoms with Crippen LogP contribution in [0.1, 0.15) is 12.0 Å². The van der Waals surface area contributed by atoms with Crippen molar-refractivity contribution in [2.45, 2.75) is 18.3 Å². The number of hydrogen-bond acceptors (Lipinski definition) is 4. The van der Waals surface area contributed by atoms with Crippen LogP contribution in [0.3, 0.4) is 0 Å². The molecule has 3 N–H and O–H groups in total. The topological polar surface area (TPSA) is 75.8 Å². The number of nitrogens with zero attached hydrogens (tertiary/aromatic N) is 1. The molecule has 8 heteroatoms. The number of hydroxylamine groups is 2. The number of carbonyl (C=O) groups is 1. The quantitative estimate of drug-likeness (QED) is 0.874. The zero-order valence-electron chi connectivity index (χ0n) is 11.0. The van der Waals surface area contributed by atoms with Gasteiger partial charge in [0, 0.05) is 12.5 Å². The third kappa shape index (κ3) is 3.02. The van der Waals surface area contributed by atoms with Crippen molar-refractivity contribution in [1.82, 2.24) is 5.06 Å². The summed E-state index contributed by atoms with van der Waals surface area (Å²) in [6, 6.07) is 8.12. The average Bonchev–Trinajstić information content (AvgIpc) is 2.65. The van der Waals surface area contributed by atoms with Crippen molar-refractivity contribution in [3.8, 4) is 0 Å². The first kappa shape index (κ1) is 15.7. The van der Waals surface area contributed by atoms with Crippen molar-refractivity contribution in [1.29, 1.82) is 0 Å². The number of aliphatic hydroxyl groups excluding tert-OH is 1. The monoisotopic (exact) mass is 304 g/mol. The van der Waals surface area contributed by atoms with Crippen LogP contribution in [0.5, 0.6) is 0 Å².